The normalized spacial score (nSPS) is 10.1. The molecule has 0 radical (unpaired) electrons. The minimum atomic E-state index is -2.88. The van der Waals surface area contributed by atoms with E-state index < -0.39 is 6.61 Å². The first-order valence-electron chi connectivity index (χ1n) is 4.11. The number of ether oxygens (including phenoxy) is 1. The lowest BCUT2D eigenvalue weighted by Gasteiger charge is -2.12. The Kier molecular flexibility index (Phi) is 3.79. The van der Waals surface area contributed by atoms with Crippen molar-refractivity contribution in [3.05, 3.63) is 23.8 Å². The molecule has 82 valence electrons. The Bertz CT molecular complexity index is 371. The molecule has 0 unspecified atom stereocenters. The highest BCUT2D eigenvalue weighted by molar-refractivity contribution is 7.80. The van der Waals surface area contributed by atoms with Crippen LogP contribution in [0.25, 0.3) is 0 Å². The van der Waals surface area contributed by atoms with Gasteiger partial charge in [0.25, 0.3) is 0 Å². The molecule has 0 heterocycles. The van der Waals surface area contributed by atoms with Crippen LogP contribution in [0.1, 0.15) is 5.56 Å². The summed E-state index contributed by atoms with van der Waals surface area (Å²) in [6.07, 6.45) is 0. The summed E-state index contributed by atoms with van der Waals surface area (Å²) in [5, 5.41) is 2.57. The summed E-state index contributed by atoms with van der Waals surface area (Å²) in [6.45, 7) is -1.06. The third-order valence-electron chi connectivity index (χ3n) is 1.61. The average molecular weight is 232 g/mol. The van der Waals surface area contributed by atoms with E-state index in [9.17, 15) is 8.78 Å². The molecule has 0 aromatic heterocycles. The average Bonchev–Trinajstić information content (AvgIpc) is 2.08. The van der Waals surface area contributed by atoms with Crippen LogP contribution < -0.4 is 15.8 Å². The van der Waals surface area contributed by atoms with E-state index in [0.29, 0.717) is 5.69 Å². The van der Waals surface area contributed by atoms with E-state index in [2.05, 4.69) is 22.3 Å². The lowest BCUT2D eigenvalue weighted by atomic mass is 10.2. The number of benzene rings is 1. The standard InChI is InChI=1S/C9H10F2N2OS/c1-5-2-3-7(14-8(10)11)6(4-5)13-9(12)15/h2-4,8H,1H3,(H3,12,13,15). The number of alkyl halides is 2. The zero-order chi connectivity index (χ0) is 11.4. The molecule has 6 heteroatoms. The Balaban J connectivity index is 2.97. The molecule has 0 amide bonds. The van der Waals surface area contributed by atoms with Crippen molar-refractivity contribution >= 4 is 23.0 Å². The van der Waals surface area contributed by atoms with Crippen molar-refractivity contribution in [3.8, 4) is 5.75 Å². The molecule has 1 aromatic rings. The number of nitrogens with one attached hydrogen (secondary N) is 1. The first-order chi connectivity index (χ1) is 6.99. The number of hydrogen-bond donors (Lipinski definition) is 2. The van der Waals surface area contributed by atoms with Gasteiger partial charge in [-0.25, -0.2) is 0 Å². The monoisotopic (exact) mass is 232 g/mol. The van der Waals surface area contributed by atoms with Gasteiger partial charge in [0.2, 0.25) is 0 Å². The largest absolute Gasteiger partial charge is 0.433 e. The van der Waals surface area contributed by atoms with Crippen LogP contribution in [-0.2, 0) is 0 Å². The van der Waals surface area contributed by atoms with Crippen molar-refractivity contribution in [1.82, 2.24) is 0 Å². The van der Waals surface area contributed by atoms with E-state index in [-0.39, 0.29) is 10.9 Å². The van der Waals surface area contributed by atoms with Gasteiger partial charge in [-0.05, 0) is 36.8 Å². The van der Waals surface area contributed by atoms with Gasteiger partial charge >= 0.3 is 6.61 Å². The Hall–Kier alpha value is -1.43. The number of rotatable bonds is 3. The molecule has 15 heavy (non-hydrogen) atoms. The van der Waals surface area contributed by atoms with Crippen LogP contribution in [0.3, 0.4) is 0 Å². The van der Waals surface area contributed by atoms with Crippen LogP contribution in [0.5, 0.6) is 5.75 Å². The summed E-state index contributed by atoms with van der Waals surface area (Å²) in [6, 6.07) is 4.71. The Morgan fingerprint density at radius 2 is 2.20 bits per heavy atom. The first-order valence-corrected chi connectivity index (χ1v) is 4.52. The molecule has 1 aromatic carbocycles. The van der Waals surface area contributed by atoms with Crippen molar-refractivity contribution in [3.63, 3.8) is 0 Å². The van der Waals surface area contributed by atoms with E-state index >= 15 is 0 Å². The van der Waals surface area contributed by atoms with Gasteiger partial charge in [0.15, 0.2) is 5.11 Å². The highest BCUT2D eigenvalue weighted by atomic mass is 32.1. The van der Waals surface area contributed by atoms with Gasteiger partial charge in [-0.15, -0.1) is 0 Å². The van der Waals surface area contributed by atoms with Gasteiger partial charge in [0.05, 0.1) is 5.69 Å². The van der Waals surface area contributed by atoms with Gasteiger partial charge in [0, 0.05) is 0 Å². The molecule has 0 fully saturated rings. The van der Waals surface area contributed by atoms with Crippen LogP contribution in [0.2, 0.25) is 0 Å². The first kappa shape index (κ1) is 11.6. The van der Waals surface area contributed by atoms with Crippen molar-refractivity contribution in [2.24, 2.45) is 5.73 Å². The van der Waals surface area contributed by atoms with Crippen molar-refractivity contribution in [1.29, 1.82) is 0 Å². The molecule has 0 bridgehead atoms. The predicted molar refractivity (Wildman–Crippen MR) is 58.2 cm³/mol. The molecule has 0 saturated heterocycles. The lowest BCUT2D eigenvalue weighted by molar-refractivity contribution is -0.0493. The number of hydrogen-bond acceptors (Lipinski definition) is 2. The highest BCUT2D eigenvalue weighted by Crippen LogP contribution is 2.26. The van der Waals surface area contributed by atoms with Crippen LogP contribution >= 0.6 is 12.2 Å². The minimum Gasteiger partial charge on any atom is -0.433 e. The number of halogens is 2. The second kappa shape index (κ2) is 4.88. The summed E-state index contributed by atoms with van der Waals surface area (Å²) < 4.78 is 28.3. The smallest absolute Gasteiger partial charge is 0.387 e. The maximum Gasteiger partial charge on any atom is 0.387 e. The molecule has 3 N–H and O–H groups in total. The van der Waals surface area contributed by atoms with Crippen molar-refractivity contribution in [2.75, 3.05) is 5.32 Å². The van der Waals surface area contributed by atoms with E-state index in [1.54, 1.807) is 12.1 Å². The Labute approximate surface area is 91.2 Å². The van der Waals surface area contributed by atoms with Gasteiger partial charge < -0.3 is 15.8 Å². The zero-order valence-electron chi connectivity index (χ0n) is 7.96. The van der Waals surface area contributed by atoms with Crippen LogP contribution in [0.15, 0.2) is 18.2 Å². The maximum absolute atomic E-state index is 12.0. The molecule has 0 aliphatic rings. The number of aryl methyl sites for hydroxylation is 1. The third-order valence-corrected chi connectivity index (χ3v) is 1.71. The second-order valence-corrected chi connectivity index (χ2v) is 3.31. The number of anilines is 1. The SMILES string of the molecule is Cc1ccc(OC(F)F)c(NC(N)=S)c1. The molecule has 0 spiro atoms. The van der Waals surface area contributed by atoms with Gasteiger partial charge in [-0.1, -0.05) is 6.07 Å². The molecule has 1 rings (SSSR count). The van der Waals surface area contributed by atoms with Crippen LogP contribution in [-0.4, -0.2) is 11.7 Å². The second-order valence-electron chi connectivity index (χ2n) is 2.87. The fraction of sp³-hybridized carbons (Fsp3) is 0.222. The number of thiocarbonyl (C=S) groups is 1. The summed E-state index contributed by atoms with van der Waals surface area (Å²) in [5.41, 5.74) is 6.47. The quantitative estimate of drug-likeness (QED) is 0.785. The summed E-state index contributed by atoms with van der Waals surface area (Å²) in [5.74, 6) is 0.0170. The molecule has 3 nitrogen and oxygen atoms in total. The molecular weight excluding hydrogens is 222 g/mol. The fourth-order valence-electron chi connectivity index (χ4n) is 1.07. The van der Waals surface area contributed by atoms with E-state index in [4.69, 9.17) is 5.73 Å². The zero-order valence-corrected chi connectivity index (χ0v) is 8.78. The third kappa shape index (κ3) is 3.67. The minimum absolute atomic E-state index is 0.000263. The van der Waals surface area contributed by atoms with Gasteiger partial charge in [-0.2, -0.15) is 8.78 Å². The lowest BCUT2D eigenvalue weighted by Crippen LogP contribution is -2.20. The van der Waals surface area contributed by atoms with Crippen LogP contribution in [0.4, 0.5) is 14.5 Å². The Morgan fingerprint density at radius 1 is 1.53 bits per heavy atom. The molecule has 0 aliphatic carbocycles. The fourth-order valence-corrected chi connectivity index (χ4v) is 1.18. The van der Waals surface area contributed by atoms with Gasteiger partial charge in [-0.3, -0.25) is 0 Å². The van der Waals surface area contributed by atoms with E-state index in [0.717, 1.165) is 5.56 Å². The maximum atomic E-state index is 12.0. The van der Waals surface area contributed by atoms with E-state index in [1.165, 1.54) is 6.07 Å². The molecule has 0 atom stereocenters. The van der Waals surface area contributed by atoms with Crippen molar-refractivity contribution in [2.45, 2.75) is 13.5 Å². The van der Waals surface area contributed by atoms with Crippen LogP contribution in [0, 0.1) is 6.92 Å². The van der Waals surface area contributed by atoms with E-state index in [1.807, 2.05) is 6.92 Å². The predicted octanol–water partition coefficient (Wildman–Crippen LogP) is 2.25. The number of nitrogens with two attached hydrogens (primary N) is 1. The molecular formula is C9H10F2N2OS. The Morgan fingerprint density at radius 3 is 2.73 bits per heavy atom. The summed E-state index contributed by atoms with van der Waals surface area (Å²) in [4.78, 5) is 0. The topological polar surface area (TPSA) is 47.3 Å². The molecule has 0 aliphatic heterocycles. The molecule has 0 saturated carbocycles. The summed E-state index contributed by atoms with van der Waals surface area (Å²) in [7, 11) is 0. The van der Waals surface area contributed by atoms with Gasteiger partial charge in [0.1, 0.15) is 5.75 Å². The highest BCUT2D eigenvalue weighted by Gasteiger charge is 2.09. The summed E-state index contributed by atoms with van der Waals surface area (Å²) >= 11 is 4.62. The van der Waals surface area contributed by atoms with Crippen molar-refractivity contribution < 1.29 is 13.5 Å².